The predicted molar refractivity (Wildman–Crippen MR) is 116 cm³/mol. The fraction of sp³-hybridized carbons (Fsp3) is 0.417. The van der Waals surface area contributed by atoms with Gasteiger partial charge in [-0.3, -0.25) is 9.78 Å². The molecule has 2 heterocycles. The minimum absolute atomic E-state index is 0.0224. The monoisotopic (exact) mass is 474 g/mol. The molecule has 7 nitrogen and oxygen atoms in total. The highest BCUT2D eigenvalue weighted by Gasteiger charge is 2.29. The van der Waals surface area contributed by atoms with E-state index < -0.39 is 18.7 Å². The average Bonchev–Trinajstić information content (AvgIpc) is 3.56. The smallest absolute Gasteiger partial charge is 0.422 e. The maximum Gasteiger partial charge on any atom is 0.422 e. The number of hydrogen-bond donors (Lipinski definition) is 1. The summed E-state index contributed by atoms with van der Waals surface area (Å²) in [7, 11) is 0. The number of rotatable bonds is 11. The van der Waals surface area contributed by atoms with Gasteiger partial charge in [-0.05, 0) is 42.0 Å². The number of halogens is 3. The molecule has 1 saturated carbocycles. The van der Waals surface area contributed by atoms with Crippen LogP contribution < -0.4 is 4.74 Å². The van der Waals surface area contributed by atoms with Gasteiger partial charge in [0.1, 0.15) is 11.5 Å². The summed E-state index contributed by atoms with van der Waals surface area (Å²) in [6, 6.07) is 11.0. The highest BCUT2D eigenvalue weighted by molar-refractivity contribution is 5.82. The van der Waals surface area contributed by atoms with Crippen LogP contribution in [-0.2, 0) is 17.8 Å². The van der Waals surface area contributed by atoms with Gasteiger partial charge in [-0.25, -0.2) is 4.68 Å². The van der Waals surface area contributed by atoms with Gasteiger partial charge in [0.15, 0.2) is 6.61 Å². The van der Waals surface area contributed by atoms with Gasteiger partial charge in [0, 0.05) is 19.0 Å². The van der Waals surface area contributed by atoms with Crippen molar-refractivity contribution in [3.63, 3.8) is 0 Å². The van der Waals surface area contributed by atoms with Crippen molar-refractivity contribution < 1.29 is 27.8 Å². The number of hydrogen-bond acceptors (Lipinski definition) is 6. The first-order chi connectivity index (χ1) is 16.3. The van der Waals surface area contributed by atoms with Crippen molar-refractivity contribution in [2.24, 2.45) is 0 Å². The van der Waals surface area contributed by atoms with E-state index in [1.165, 1.54) is 41.4 Å². The average molecular weight is 474 g/mol. The lowest BCUT2D eigenvalue weighted by atomic mass is 9.92. The number of alkyl halides is 3. The van der Waals surface area contributed by atoms with Crippen molar-refractivity contribution in [1.82, 2.24) is 20.0 Å². The summed E-state index contributed by atoms with van der Waals surface area (Å²) < 4.78 is 43.4. The first-order valence-electron chi connectivity index (χ1n) is 11.1. The van der Waals surface area contributed by atoms with Gasteiger partial charge >= 0.3 is 6.18 Å². The Hall–Kier alpha value is -3.27. The zero-order valence-corrected chi connectivity index (χ0v) is 18.4. The maximum atomic E-state index is 12.9. The third kappa shape index (κ3) is 6.63. The molecule has 4 rings (SSSR count). The van der Waals surface area contributed by atoms with Gasteiger partial charge < -0.3 is 9.84 Å². The molecule has 1 aromatic carbocycles. The van der Waals surface area contributed by atoms with Crippen molar-refractivity contribution >= 4 is 5.78 Å². The summed E-state index contributed by atoms with van der Waals surface area (Å²) in [4.78, 5) is 17.2. The number of pyridine rings is 1. The number of aromatic nitrogens is 4. The summed E-state index contributed by atoms with van der Waals surface area (Å²) in [6.45, 7) is -1.28. The van der Waals surface area contributed by atoms with E-state index in [0.29, 0.717) is 17.3 Å². The fourth-order valence-corrected chi connectivity index (χ4v) is 3.75. The van der Waals surface area contributed by atoms with Crippen LogP contribution in [-0.4, -0.2) is 50.3 Å². The molecular weight excluding hydrogens is 449 g/mol. The molecule has 0 unspecified atom stereocenters. The molecule has 0 radical (unpaired) electrons. The van der Waals surface area contributed by atoms with Gasteiger partial charge in [0.05, 0.1) is 36.7 Å². The Morgan fingerprint density at radius 2 is 1.91 bits per heavy atom. The van der Waals surface area contributed by atoms with Crippen molar-refractivity contribution in [1.29, 1.82) is 0 Å². The van der Waals surface area contributed by atoms with Crippen LogP contribution in [0.3, 0.4) is 0 Å². The van der Waals surface area contributed by atoms with Crippen LogP contribution in [0.25, 0.3) is 0 Å². The molecule has 0 spiro atoms. The molecule has 1 aliphatic rings. The third-order valence-electron chi connectivity index (χ3n) is 5.62. The Balaban J connectivity index is 1.48. The number of Topliss-reactive ketones (excluding diaryl/α,β-unsaturated/α-hetero) is 1. The van der Waals surface area contributed by atoms with Crippen molar-refractivity contribution in [2.45, 2.75) is 50.2 Å². The summed E-state index contributed by atoms with van der Waals surface area (Å²) in [5.41, 5.74) is 3.17. The van der Waals surface area contributed by atoms with Gasteiger partial charge in [0.25, 0.3) is 0 Å². The minimum atomic E-state index is -4.45. The number of nitrogens with zero attached hydrogens (tertiary/aromatic N) is 4. The molecule has 0 bridgehead atoms. The van der Waals surface area contributed by atoms with E-state index in [-0.39, 0.29) is 37.5 Å². The highest BCUT2D eigenvalue weighted by atomic mass is 19.4. The number of carbonyl (C=O) groups excluding carboxylic acids is 1. The van der Waals surface area contributed by atoms with Crippen LogP contribution in [0, 0.1) is 0 Å². The molecule has 10 heteroatoms. The van der Waals surface area contributed by atoms with E-state index in [4.69, 9.17) is 9.84 Å². The van der Waals surface area contributed by atoms with E-state index in [1.807, 2.05) is 12.1 Å². The lowest BCUT2D eigenvalue weighted by Gasteiger charge is -2.15. The number of ketones is 1. The second-order valence-corrected chi connectivity index (χ2v) is 8.44. The Kier molecular flexibility index (Phi) is 7.26. The van der Waals surface area contributed by atoms with E-state index in [9.17, 15) is 18.0 Å². The lowest BCUT2D eigenvalue weighted by Crippen LogP contribution is -2.19. The first-order valence-corrected chi connectivity index (χ1v) is 11.1. The zero-order chi connectivity index (χ0) is 24.1. The standard InChI is InChI=1S/C24H25F3N4O3/c25-24(26,27)15-34-20-7-8-22(28-13-20)21(23-14-31(9-10-32)30-29-23)12-19(33)11-16-1-3-17(4-2-16)18-5-6-18/h1-4,7-8,13-14,18,21,32H,5-6,9-12,15H2/t21-/m0/s1. The maximum absolute atomic E-state index is 12.9. The van der Waals surface area contributed by atoms with Crippen LogP contribution >= 0.6 is 0 Å². The molecule has 0 aliphatic heterocycles. The number of ether oxygens (including phenoxy) is 1. The molecule has 1 atom stereocenters. The first kappa shape index (κ1) is 23.9. The van der Waals surface area contributed by atoms with Crippen molar-refractivity contribution in [2.75, 3.05) is 13.2 Å². The van der Waals surface area contributed by atoms with E-state index in [1.54, 1.807) is 6.20 Å². The van der Waals surface area contributed by atoms with Crippen LogP contribution in [0.2, 0.25) is 0 Å². The van der Waals surface area contributed by atoms with Crippen LogP contribution in [0.1, 0.15) is 53.6 Å². The zero-order valence-electron chi connectivity index (χ0n) is 18.4. The predicted octanol–water partition coefficient (Wildman–Crippen LogP) is 3.82. The number of aliphatic hydroxyl groups excluding tert-OH is 1. The normalized spacial score (nSPS) is 14.7. The van der Waals surface area contributed by atoms with Crippen LogP contribution in [0.5, 0.6) is 5.75 Å². The van der Waals surface area contributed by atoms with E-state index in [2.05, 4.69) is 27.4 Å². The Labute approximate surface area is 194 Å². The summed E-state index contributed by atoms with van der Waals surface area (Å²) >= 11 is 0. The molecule has 34 heavy (non-hydrogen) atoms. The summed E-state index contributed by atoms with van der Waals surface area (Å²) in [5, 5.41) is 17.2. The van der Waals surface area contributed by atoms with Crippen LogP contribution in [0.15, 0.2) is 48.8 Å². The molecule has 0 saturated heterocycles. The van der Waals surface area contributed by atoms with Gasteiger partial charge in [-0.1, -0.05) is 29.5 Å². The molecule has 0 amide bonds. The Morgan fingerprint density at radius 3 is 2.53 bits per heavy atom. The molecule has 1 N–H and O–H groups in total. The SMILES string of the molecule is O=C(Cc1ccc(C2CC2)cc1)C[C@@H](c1ccc(OCC(F)(F)F)cn1)c1cn(CCO)nn1. The summed E-state index contributed by atoms with van der Waals surface area (Å²) in [6.07, 6.45) is 1.15. The van der Waals surface area contributed by atoms with Crippen molar-refractivity contribution in [3.05, 3.63) is 71.3 Å². The molecule has 180 valence electrons. The molecule has 1 aliphatic carbocycles. The number of benzene rings is 1. The largest absolute Gasteiger partial charge is 0.483 e. The third-order valence-corrected chi connectivity index (χ3v) is 5.62. The van der Waals surface area contributed by atoms with Crippen molar-refractivity contribution in [3.8, 4) is 5.75 Å². The van der Waals surface area contributed by atoms with Gasteiger partial charge in [0.2, 0.25) is 0 Å². The topological polar surface area (TPSA) is 90.1 Å². The molecular formula is C24H25F3N4O3. The molecule has 2 aromatic heterocycles. The fourth-order valence-electron chi connectivity index (χ4n) is 3.75. The quantitative estimate of drug-likeness (QED) is 0.455. The van der Waals surface area contributed by atoms with Gasteiger partial charge in [-0.15, -0.1) is 5.10 Å². The lowest BCUT2D eigenvalue weighted by molar-refractivity contribution is -0.153. The van der Waals surface area contributed by atoms with Crippen LogP contribution in [0.4, 0.5) is 13.2 Å². The second-order valence-electron chi connectivity index (χ2n) is 8.44. The molecule has 1 fully saturated rings. The highest BCUT2D eigenvalue weighted by Crippen LogP contribution is 2.40. The number of aliphatic hydroxyl groups is 1. The Morgan fingerprint density at radius 1 is 1.15 bits per heavy atom. The number of carbonyl (C=O) groups is 1. The Bertz CT molecular complexity index is 1090. The van der Waals surface area contributed by atoms with E-state index in [0.717, 1.165) is 5.56 Å². The van der Waals surface area contributed by atoms with Gasteiger partial charge in [-0.2, -0.15) is 13.2 Å². The molecule has 3 aromatic rings. The van der Waals surface area contributed by atoms with E-state index >= 15 is 0 Å². The summed E-state index contributed by atoms with van der Waals surface area (Å²) in [5.74, 6) is 0.0538. The second kappa shape index (κ2) is 10.3. The minimum Gasteiger partial charge on any atom is -0.483 e.